The number of thiazole rings is 1. The molecule has 0 aliphatic heterocycles. The van der Waals surface area contributed by atoms with Gasteiger partial charge < -0.3 is 15.3 Å². The number of aliphatic hydroxyl groups is 1. The van der Waals surface area contributed by atoms with Crippen LogP contribution in [0.3, 0.4) is 0 Å². The molecule has 0 spiro atoms. The Kier molecular flexibility index (Phi) is 4.97. The molecule has 136 valence electrons. The van der Waals surface area contributed by atoms with Gasteiger partial charge in [0.2, 0.25) is 0 Å². The fraction of sp³-hybridized carbons (Fsp3) is 0.611. The lowest BCUT2D eigenvalue weighted by Crippen LogP contribution is -2.41. The van der Waals surface area contributed by atoms with Crippen LogP contribution in [0.5, 0.6) is 0 Å². The van der Waals surface area contributed by atoms with Crippen LogP contribution in [0.15, 0.2) is 12.3 Å². The summed E-state index contributed by atoms with van der Waals surface area (Å²) in [4.78, 5) is 23.2. The van der Waals surface area contributed by atoms with E-state index in [1.807, 2.05) is 38.9 Å². The third-order valence-corrected chi connectivity index (χ3v) is 6.10. The molecule has 0 radical (unpaired) electrons. The van der Waals surface area contributed by atoms with Crippen molar-refractivity contribution in [2.24, 2.45) is 5.92 Å². The maximum atomic E-state index is 12.5. The van der Waals surface area contributed by atoms with Gasteiger partial charge >= 0.3 is 0 Å². The lowest BCUT2D eigenvalue weighted by molar-refractivity contribution is -0.00257. The molecule has 1 saturated carbocycles. The highest BCUT2D eigenvalue weighted by Gasteiger charge is 2.31. The van der Waals surface area contributed by atoms with E-state index in [-0.39, 0.29) is 11.9 Å². The molecule has 0 unspecified atom stereocenters. The van der Waals surface area contributed by atoms with E-state index in [9.17, 15) is 9.90 Å². The van der Waals surface area contributed by atoms with E-state index < -0.39 is 5.60 Å². The second kappa shape index (κ2) is 6.88. The van der Waals surface area contributed by atoms with Crippen LogP contribution in [0.2, 0.25) is 0 Å². The molecular weight excluding hydrogens is 336 g/mol. The molecule has 0 aromatic carbocycles. The van der Waals surface area contributed by atoms with Gasteiger partial charge in [-0.25, -0.2) is 4.98 Å². The summed E-state index contributed by atoms with van der Waals surface area (Å²) >= 11 is 1.53. The zero-order chi connectivity index (χ0) is 18.2. The number of rotatable bonds is 4. The standard InChI is InChI=1S/C18H26N4O2S/c1-18(2,24)12-5-7-13(8-6-12)20-16(23)11-9-14-15(19-10-11)21-17(25-14)22(3)4/h9-10,12-13,24H,5-8H2,1-4H3,(H,20,23)/t12-,13-. The molecule has 2 aromatic rings. The monoisotopic (exact) mass is 362 g/mol. The number of pyridine rings is 1. The second-order valence-corrected chi connectivity index (χ2v) is 8.62. The SMILES string of the molecule is CN(C)c1nc2ncc(C(=O)N[C@H]3CC[C@H](C(C)(C)O)CC3)cc2s1. The van der Waals surface area contributed by atoms with Crippen molar-refractivity contribution in [1.29, 1.82) is 0 Å². The quantitative estimate of drug-likeness (QED) is 0.874. The van der Waals surface area contributed by atoms with Crippen LogP contribution in [-0.2, 0) is 0 Å². The number of amides is 1. The normalized spacial score (nSPS) is 21.3. The predicted molar refractivity (Wildman–Crippen MR) is 101 cm³/mol. The molecule has 1 amide bonds. The van der Waals surface area contributed by atoms with E-state index in [0.29, 0.717) is 17.1 Å². The van der Waals surface area contributed by atoms with Crippen molar-refractivity contribution in [2.45, 2.75) is 51.2 Å². The minimum atomic E-state index is -0.639. The van der Waals surface area contributed by atoms with Gasteiger partial charge in [-0.1, -0.05) is 11.3 Å². The molecule has 1 aliphatic rings. The Morgan fingerprint density at radius 1 is 1.32 bits per heavy atom. The molecule has 7 heteroatoms. The van der Waals surface area contributed by atoms with Gasteiger partial charge in [-0.2, -0.15) is 4.98 Å². The van der Waals surface area contributed by atoms with Gasteiger partial charge in [0.1, 0.15) is 0 Å². The third-order valence-electron chi connectivity index (χ3n) is 4.94. The van der Waals surface area contributed by atoms with E-state index in [2.05, 4.69) is 15.3 Å². The minimum absolute atomic E-state index is 0.0825. The van der Waals surface area contributed by atoms with Gasteiger partial charge in [-0.15, -0.1) is 0 Å². The number of aromatic nitrogens is 2. The van der Waals surface area contributed by atoms with Gasteiger partial charge in [0, 0.05) is 26.3 Å². The Balaban J connectivity index is 1.65. The molecule has 1 fully saturated rings. The first kappa shape index (κ1) is 18.1. The minimum Gasteiger partial charge on any atom is -0.390 e. The largest absolute Gasteiger partial charge is 0.390 e. The Hall–Kier alpha value is -1.73. The van der Waals surface area contributed by atoms with Gasteiger partial charge in [0.25, 0.3) is 5.91 Å². The molecule has 3 rings (SSSR count). The predicted octanol–water partition coefficient (Wildman–Crippen LogP) is 2.82. The molecule has 25 heavy (non-hydrogen) atoms. The van der Waals surface area contributed by atoms with Gasteiger partial charge in [-0.3, -0.25) is 4.79 Å². The van der Waals surface area contributed by atoms with Crippen molar-refractivity contribution in [2.75, 3.05) is 19.0 Å². The number of hydrogen-bond acceptors (Lipinski definition) is 6. The van der Waals surface area contributed by atoms with Crippen molar-refractivity contribution in [1.82, 2.24) is 15.3 Å². The molecule has 2 aromatic heterocycles. The number of carbonyl (C=O) groups is 1. The molecule has 2 N–H and O–H groups in total. The Bertz CT molecular complexity index is 758. The first-order valence-electron chi connectivity index (χ1n) is 8.71. The van der Waals surface area contributed by atoms with Crippen LogP contribution in [0.25, 0.3) is 10.3 Å². The average molecular weight is 362 g/mol. The molecule has 2 heterocycles. The molecule has 0 bridgehead atoms. The Morgan fingerprint density at radius 3 is 2.60 bits per heavy atom. The Morgan fingerprint density at radius 2 is 2.00 bits per heavy atom. The highest BCUT2D eigenvalue weighted by atomic mass is 32.1. The number of hydrogen-bond donors (Lipinski definition) is 2. The summed E-state index contributed by atoms with van der Waals surface area (Å²) in [6.45, 7) is 3.74. The fourth-order valence-corrected chi connectivity index (χ4v) is 4.22. The van der Waals surface area contributed by atoms with Gasteiger partial charge in [0.05, 0.1) is 15.9 Å². The lowest BCUT2D eigenvalue weighted by atomic mass is 9.77. The van der Waals surface area contributed by atoms with Crippen molar-refractivity contribution in [3.63, 3.8) is 0 Å². The summed E-state index contributed by atoms with van der Waals surface area (Å²) in [6.07, 6.45) is 5.28. The highest BCUT2D eigenvalue weighted by Crippen LogP contribution is 2.32. The topological polar surface area (TPSA) is 78.4 Å². The van der Waals surface area contributed by atoms with Crippen LogP contribution in [0, 0.1) is 5.92 Å². The van der Waals surface area contributed by atoms with Crippen molar-refractivity contribution in [3.05, 3.63) is 17.8 Å². The summed E-state index contributed by atoms with van der Waals surface area (Å²) in [5.74, 6) is 0.223. The average Bonchev–Trinajstić information content (AvgIpc) is 2.98. The van der Waals surface area contributed by atoms with E-state index in [1.54, 1.807) is 6.20 Å². The molecule has 1 aliphatic carbocycles. The van der Waals surface area contributed by atoms with Crippen LogP contribution >= 0.6 is 11.3 Å². The smallest absolute Gasteiger partial charge is 0.253 e. The van der Waals surface area contributed by atoms with Crippen LogP contribution in [0.1, 0.15) is 49.9 Å². The Labute approximate surface area is 152 Å². The van der Waals surface area contributed by atoms with Crippen LogP contribution in [-0.4, -0.2) is 46.7 Å². The van der Waals surface area contributed by atoms with E-state index in [1.165, 1.54) is 11.3 Å². The first-order valence-corrected chi connectivity index (χ1v) is 9.53. The van der Waals surface area contributed by atoms with Crippen molar-refractivity contribution < 1.29 is 9.90 Å². The number of nitrogens with one attached hydrogen (secondary N) is 1. The molecular formula is C18H26N4O2S. The van der Waals surface area contributed by atoms with E-state index in [4.69, 9.17) is 0 Å². The van der Waals surface area contributed by atoms with E-state index >= 15 is 0 Å². The van der Waals surface area contributed by atoms with Crippen LogP contribution < -0.4 is 10.2 Å². The maximum absolute atomic E-state index is 12.5. The summed E-state index contributed by atoms with van der Waals surface area (Å²) in [5, 5.41) is 14.1. The summed E-state index contributed by atoms with van der Waals surface area (Å²) in [5.41, 5.74) is 0.613. The third kappa shape index (κ3) is 4.10. The summed E-state index contributed by atoms with van der Waals surface area (Å²) < 4.78 is 0.919. The number of nitrogens with zero attached hydrogens (tertiary/aromatic N) is 3. The number of anilines is 1. The first-order chi connectivity index (χ1) is 11.7. The molecule has 6 nitrogen and oxygen atoms in total. The lowest BCUT2D eigenvalue weighted by Gasteiger charge is -2.36. The van der Waals surface area contributed by atoms with Gasteiger partial charge in [-0.05, 0) is 51.5 Å². The summed E-state index contributed by atoms with van der Waals surface area (Å²) in [7, 11) is 3.88. The van der Waals surface area contributed by atoms with Crippen molar-refractivity contribution >= 4 is 32.7 Å². The maximum Gasteiger partial charge on any atom is 0.253 e. The zero-order valence-corrected chi connectivity index (χ0v) is 16.1. The zero-order valence-electron chi connectivity index (χ0n) is 15.2. The number of carbonyl (C=O) groups excluding carboxylic acids is 1. The van der Waals surface area contributed by atoms with Gasteiger partial charge in [0.15, 0.2) is 10.8 Å². The second-order valence-electron chi connectivity index (χ2n) is 7.61. The highest BCUT2D eigenvalue weighted by molar-refractivity contribution is 7.22. The van der Waals surface area contributed by atoms with Crippen molar-refractivity contribution in [3.8, 4) is 0 Å². The number of fused-ring (bicyclic) bond motifs is 1. The fourth-order valence-electron chi connectivity index (χ4n) is 3.34. The summed E-state index contributed by atoms with van der Waals surface area (Å²) in [6, 6.07) is 2.03. The van der Waals surface area contributed by atoms with E-state index in [0.717, 1.165) is 35.5 Å². The van der Waals surface area contributed by atoms with Crippen LogP contribution in [0.4, 0.5) is 5.13 Å². The molecule has 0 saturated heterocycles. The molecule has 0 atom stereocenters.